The van der Waals surface area contributed by atoms with Gasteiger partial charge in [-0.15, -0.1) is 0 Å². The van der Waals surface area contributed by atoms with Crippen molar-refractivity contribution < 1.29 is 0 Å². The highest BCUT2D eigenvalue weighted by molar-refractivity contribution is 6.13. The van der Waals surface area contributed by atoms with E-state index >= 15 is 0 Å². The molecule has 74 heavy (non-hydrogen) atoms. The quantitative estimate of drug-likeness (QED) is 0.149. The molecular formula is C69H49N5. The minimum Gasteiger partial charge on any atom is -0.264 e. The highest BCUT2D eigenvalue weighted by Crippen LogP contribution is 2.53. The molecule has 0 fully saturated rings. The standard InChI is InChI=1S/C69H49N5/c1-68(2)60-37-43(48-18-14-31-70-41-48)23-27-55(60)56-28-24-44(38-61(56)68)49-33-50(45-25-29-57-58-30-26-47(64-22-12-13-32-71-64)40-63(58)69(3,4)62(57)39-45)35-51(34-49)66-72-65(42-15-6-5-7-16-42)73-67(74-66)59-36-46-17-8-9-19-52(46)53-20-10-11-21-54(53)59/h5-41H,1-4H3. The molecule has 0 N–H and O–H groups in total. The van der Waals surface area contributed by atoms with Crippen molar-refractivity contribution in [2.24, 2.45) is 0 Å². The highest BCUT2D eigenvalue weighted by atomic mass is 15.0. The topological polar surface area (TPSA) is 64.5 Å². The first-order chi connectivity index (χ1) is 36.2. The van der Waals surface area contributed by atoms with Gasteiger partial charge in [-0.2, -0.15) is 0 Å². The van der Waals surface area contributed by atoms with Gasteiger partial charge in [0, 0.05) is 51.7 Å². The van der Waals surface area contributed by atoms with Crippen molar-refractivity contribution >= 4 is 21.5 Å². The van der Waals surface area contributed by atoms with Gasteiger partial charge in [0.2, 0.25) is 0 Å². The predicted octanol–water partition coefficient (Wildman–Crippen LogP) is 17.2. The fourth-order valence-electron chi connectivity index (χ4n) is 11.9. The van der Waals surface area contributed by atoms with Gasteiger partial charge in [0.25, 0.3) is 0 Å². The van der Waals surface area contributed by atoms with Crippen LogP contribution >= 0.6 is 0 Å². The van der Waals surface area contributed by atoms with Crippen molar-refractivity contribution in [1.29, 1.82) is 0 Å². The molecule has 9 aromatic carbocycles. The molecule has 2 aliphatic rings. The summed E-state index contributed by atoms with van der Waals surface area (Å²) >= 11 is 0. The number of hydrogen-bond acceptors (Lipinski definition) is 5. The average molecular weight is 948 g/mol. The van der Waals surface area contributed by atoms with Gasteiger partial charge in [-0.1, -0.05) is 167 Å². The lowest BCUT2D eigenvalue weighted by atomic mass is 9.80. The normalized spacial score (nSPS) is 13.6. The van der Waals surface area contributed by atoms with Crippen molar-refractivity contribution in [2.75, 3.05) is 0 Å². The molecule has 2 aliphatic carbocycles. The minimum absolute atomic E-state index is 0.243. The Hall–Kier alpha value is -9.19. The van der Waals surface area contributed by atoms with Crippen molar-refractivity contribution in [3.05, 3.63) is 247 Å². The van der Waals surface area contributed by atoms with Crippen molar-refractivity contribution in [3.8, 4) is 101 Å². The van der Waals surface area contributed by atoms with Gasteiger partial charge in [0.05, 0.1) is 5.69 Å². The summed E-state index contributed by atoms with van der Waals surface area (Å²) in [4.78, 5) is 25.3. The van der Waals surface area contributed by atoms with Crippen LogP contribution in [0.25, 0.3) is 123 Å². The molecular weight excluding hydrogens is 899 g/mol. The Morgan fingerprint density at radius 2 is 0.784 bits per heavy atom. The van der Waals surface area contributed by atoms with Gasteiger partial charge in [-0.3, -0.25) is 9.97 Å². The van der Waals surface area contributed by atoms with Crippen LogP contribution in [0, 0.1) is 0 Å². The Morgan fingerprint density at radius 3 is 1.38 bits per heavy atom. The molecule has 14 rings (SSSR count). The number of nitrogens with zero attached hydrogens (tertiary/aromatic N) is 5. The summed E-state index contributed by atoms with van der Waals surface area (Å²) in [6.07, 6.45) is 5.64. The van der Waals surface area contributed by atoms with Crippen LogP contribution in [0.3, 0.4) is 0 Å². The first-order valence-corrected chi connectivity index (χ1v) is 25.4. The second-order valence-corrected chi connectivity index (χ2v) is 20.9. The first kappa shape index (κ1) is 43.6. The van der Waals surface area contributed by atoms with E-state index in [0.717, 1.165) is 71.9 Å². The van der Waals surface area contributed by atoms with Crippen LogP contribution < -0.4 is 0 Å². The maximum Gasteiger partial charge on any atom is 0.164 e. The maximum atomic E-state index is 5.48. The van der Waals surface area contributed by atoms with E-state index in [1.54, 1.807) is 0 Å². The summed E-state index contributed by atoms with van der Waals surface area (Å²) < 4.78 is 0. The fourth-order valence-corrected chi connectivity index (χ4v) is 11.9. The largest absolute Gasteiger partial charge is 0.264 e. The number of fused-ring (bicyclic) bond motifs is 9. The molecule has 0 bridgehead atoms. The molecule has 350 valence electrons. The summed E-state index contributed by atoms with van der Waals surface area (Å²) in [5, 5.41) is 4.60. The van der Waals surface area contributed by atoms with Crippen LogP contribution in [0.1, 0.15) is 49.9 Å². The van der Waals surface area contributed by atoms with Crippen LogP contribution in [0.4, 0.5) is 0 Å². The lowest BCUT2D eigenvalue weighted by Gasteiger charge is -2.23. The third-order valence-electron chi connectivity index (χ3n) is 15.8. The zero-order chi connectivity index (χ0) is 49.7. The van der Waals surface area contributed by atoms with E-state index in [4.69, 9.17) is 19.9 Å². The maximum absolute atomic E-state index is 5.48. The fraction of sp³-hybridized carbons (Fsp3) is 0.0870. The molecule has 3 aromatic heterocycles. The third kappa shape index (κ3) is 7.03. The average Bonchev–Trinajstić information content (AvgIpc) is 3.88. The minimum atomic E-state index is -0.250. The van der Waals surface area contributed by atoms with Gasteiger partial charge >= 0.3 is 0 Å². The Morgan fingerprint density at radius 1 is 0.297 bits per heavy atom. The summed E-state index contributed by atoms with van der Waals surface area (Å²) in [6, 6.07) is 74.6. The smallest absolute Gasteiger partial charge is 0.164 e. The Labute approximate surface area is 431 Å². The van der Waals surface area contributed by atoms with E-state index in [2.05, 4.69) is 209 Å². The second kappa shape index (κ2) is 16.7. The van der Waals surface area contributed by atoms with Crippen LogP contribution in [-0.2, 0) is 10.8 Å². The molecule has 3 heterocycles. The molecule has 12 aromatic rings. The van der Waals surface area contributed by atoms with E-state index < -0.39 is 0 Å². The second-order valence-electron chi connectivity index (χ2n) is 20.9. The zero-order valence-corrected chi connectivity index (χ0v) is 41.6. The Kier molecular flexibility index (Phi) is 9.83. The van der Waals surface area contributed by atoms with E-state index in [1.165, 1.54) is 55.5 Å². The lowest BCUT2D eigenvalue weighted by molar-refractivity contribution is 0.660. The SMILES string of the molecule is CC1(C)c2cc(-c3cccnc3)ccc2-c2ccc(-c3cc(-c4ccc5c(c4)C(C)(C)c4cc(-c6ccccn6)ccc4-5)cc(-c4nc(-c5ccccc5)nc(-c5cc6ccccc6c6ccccc56)n4)c3)cc21. The highest BCUT2D eigenvalue weighted by Gasteiger charge is 2.37. The summed E-state index contributed by atoms with van der Waals surface area (Å²) in [7, 11) is 0. The molecule has 0 unspecified atom stereocenters. The molecule has 0 amide bonds. The zero-order valence-electron chi connectivity index (χ0n) is 41.6. The molecule has 5 heteroatoms. The summed E-state index contributed by atoms with van der Waals surface area (Å²) in [6.45, 7) is 9.41. The monoisotopic (exact) mass is 947 g/mol. The first-order valence-electron chi connectivity index (χ1n) is 25.4. The number of rotatable bonds is 7. The van der Waals surface area contributed by atoms with Crippen LogP contribution in [0.5, 0.6) is 0 Å². The Bertz CT molecular complexity index is 4070. The molecule has 0 spiro atoms. The van der Waals surface area contributed by atoms with Gasteiger partial charge in [0.1, 0.15) is 0 Å². The predicted molar refractivity (Wildman–Crippen MR) is 304 cm³/mol. The molecule has 0 aliphatic heterocycles. The van der Waals surface area contributed by atoms with E-state index in [9.17, 15) is 0 Å². The van der Waals surface area contributed by atoms with Gasteiger partial charge in [-0.25, -0.2) is 15.0 Å². The van der Waals surface area contributed by atoms with Crippen molar-refractivity contribution in [3.63, 3.8) is 0 Å². The summed E-state index contributed by atoms with van der Waals surface area (Å²) in [5.74, 6) is 1.87. The molecule has 0 saturated heterocycles. The van der Waals surface area contributed by atoms with Crippen LogP contribution in [0.2, 0.25) is 0 Å². The Balaban J connectivity index is 0.958. The lowest BCUT2D eigenvalue weighted by Crippen LogP contribution is -2.15. The third-order valence-corrected chi connectivity index (χ3v) is 15.8. The molecule has 5 nitrogen and oxygen atoms in total. The number of hydrogen-bond donors (Lipinski definition) is 0. The van der Waals surface area contributed by atoms with E-state index in [1.807, 2.05) is 48.9 Å². The molecule has 0 atom stereocenters. The van der Waals surface area contributed by atoms with E-state index in [0.29, 0.717) is 17.5 Å². The van der Waals surface area contributed by atoms with Crippen molar-refractivity contribution in [2.45, 2.75) is 38.5 Å². The van der Waals surface area contributed by atoms with Gasteiger partial charge < -0.3 is 0 Å². The number of aromatic nitrogens is 5. The number of pyridine rings is 2. The summed E-state index contributed by atoms with van der Waals surface area (Å²) in [5.41, 5.74) is 21.5. The van der Waals surface area contributed by atoms with Crippen molar-refractivity contribution in [1.82, 2.24) is 24.9 Å². The van der Waals surface area contributed by atoms with Gasteiger partial charge in [-0.05, 0) is 166 Å². The van der Waals surface area contributed by atoms with Gasteiger partial charge in [0.15, 0.2) is 17.5 Å². The molecule has 0 radical (unpaired) electrons. The van der Waals surface area contributed by atoms with E-state index in [-0.39, 0.29) is 10.8 Å². The van der Waals surface area contributed by atoms with Crippen LogP contribution in [-0.4, -0.2) is 24.9 Å². The molecule has 0 saturated carbocycles. The number of benzene rings is 9. The van der Waals surface area contributed by atoms with Crippen LogP contribution in [0.15, 0.2) is 225 Å².